The molecule has 0 aliphatic carbocycles. The molecule has 0 bridgehead atoms. The highest BCUT2D eigenvalue weighted by Gasteiger charge is 2.37. The van der Waals surface area contributed by atoms with Gasteiger partial charge in [0.15, 0.2) is 0 Å². The first kappa shape index (κ1) is 50.2. The minimum absolute atomic E-state index is 0.107. The fraction of sp³-hybridized carbons (Fsp3) is 1.00. The van der Waals surface area contributed by atoms with Gasteiger partial charge in [0.2, 0.25) is 0 Å². The van der Waals surface area contributed by atoms with Crippen LogP contribution in [0.1, 0.15) is 234 Å². The Morgan fingerprint density at radius 1 is 0.367 bits per heavy atom. The Bertz CT molecular complexity index is 660. The zero-order chi connectivity index (χ0) is 36.1. The van der Waals surface area contributed by atoms with Gasteiger partial charge in [-0.3, -0.25) is 13.6 Å². The van der Waals surface area contributed by atoms with E-state index in [0.29, 0.717) is 0 Å². The maximum Gasteiger partial charge on any atom is 0.345 e. The molecule has 3 unspecified atom stereocenters. The topological polar surface area (TPSA) is 35.5 Å². The molecule has 0 aliphatic rings. The van der Waals surface area contributed by atoms with Crippen molar-refractivity contribution in [2.24, 2.45) is 0 Å². The Balaban J connectivity index is 4.52. The first-order valence-corrected chi connectivity index (χ1v) is 26.5. The van der Waals surface area contributed by atoms with E-state index in [4.69, 9.17) is 9.05 Å². The lowest BCUT2D eigenvalue weighted by Crippen LogP contribution is -2.15. The quantitative estimate of drug-likeness (QED) is 0.0350. The van der Waals surface area contributed by atoms with E-state index in [1.807, 2.05) is 23.5 Å². The minimum atomic E-state index is -3.25. The summed E-state index contributed by atoms with van der Waals surface area (Å²) in [5, 5.41) is 0. The van der Waals surface area contributed by atoms with Gasteiger partial charge in [0.05, 0.1) is 0 Å². The lowest BCUT2D eigenvalue weighted by Gasteiger charge is -2.29. The number of hydrogen-bond donors (Lipinski definition) is 0. The van der Waals surface area contributed by atoms with Crippen molar-refractivity contribution in [1.82, 2.24) is 0 Å². The molecular weight excluding hydrogens is 680 g/mol. The second-order valence-corrected chi connectivity index (χ2v) is 21.5. The molecule has 0 aliphatic heterocycles. The van der Waals surface area contributed by atoms with Crippen molar-refractivity contribution in [3.63, 3.8) is 0 Å². The molecule has 49 heavy (non-hydrogen) atoms. The lowest BCUT2D eigenvalue weighted by atomic mass is 10.1. The van der Waals surface area contributed by atoms with Crippen molar-refractivity contribution >= 4 is 42.9 Å². The molecule has 0 radical (unpaired) electrons. The van der Waals surface area contributed by atoms with Crippen LogP contribution in [0.25, 0.3) is 0 Å². The highest BCUT2D eigenvalue weighted by molar-refractivity contribution is 8.05. The summed E-state index contributed by atoms with van der Waals surface area (Å²) in [6.45, 7) is 13.1. The Labute approximate surface area is 322 Å². The Kier molecular flexibility index (Phi) is 39.9. The van der Waals surface area contributed by atoms with Gasteiger partial charge in [0.25, 0.3) is 0 Å². The molecule has 0 aromatic carbocycles. The van der Waals surface area contributed by atoms with Crippen molar-refractivity contribution in [2.45, 2.75) is 250 Å². The van der Waals surface area contributed by atoms with Gasteiger partial charge in [-0.05, 0) is 57.3 Å². The standard InChI is InChI=1S/C42H87O3PS3/c1-7-10-13-16-19-22-25-28-31-34-37-47-40(4)44-46(43,42(6)49-39-36-33-30-27-24-21-18-15-12-9-3)45-41(5)48-38-35-32-29-26-23-20-17-14-11-8-2/h40-42H,7-39H2,1-6H3. The summed E-state index contributed by atoms with van der Waals surface area (Å²) in [6.07, 6.45) is 40.6. The summed E-state index contributed by atoms with van der Waals surface area (Å²) in [4.78, 5) is -0.133. The average Bonchev–Trinajstić information content (AvgIpc) is 3.08. The van der Waals surface area contributed by atoms with Gasteiger partial charge in [-0.2, -0.15) is 0 Å². The third-order valence-corrected chi connectivity index (χ3v) is 16.4. The van der Waals surface area contributed by atoms with E-state index in [9.17, 15) is 4.57 Å². The van der Waals surface area contributed by atoms with E-state index < -0.39 is 7.60 Å². The number of rotatable bonds is 41. The van der Waals surface area contributed by atoms with Crippen molar-refractivity contribution < 1.29 is 13.6 Å². The third-order valence-electron chi connectivity index (χ3n) is 9.59. The summed E-state index contributed by atoms with van der Waals surface area (Å²) in [5.74, 6) is 3.18. The predicted molar refractivity (Wildman–Crippen MR) is 231 cm³/mol. The van der Waals surface area contributed by atoms with Gasteiger partial charge in [-0.1, -0.05) is 194 Å². The first-order valence-electron chi connectivity index (χ1n) is 21.7. The van der Waals surface area contributed by atoms with E-state index in [1.54, 1.807) is 11.8 Å². The molecule has 0 amide bonds. The molecule has 3 nitrogen and oxygen atoms in total. The minimum Gasteiger partial charge on any atom is -0.294 e. The van der Waals surface area contributed by atoms with E-state index in [0.717, 1.165) is 17.3 Å². The number of unbranched alkanes of at least 4 members (excludes halogenated alkanes) is 27. The lowest BCUT2D eigenvalue weighted by molar-refractivity contribution is 0.193. The fourth-order valence-electron chi connectivity index (χ4n) is 6.28. The van der Waals surface area contributed by atoms with Crippen LogP contribution in [-0.4, -0.2) is 33.1 Å². The van der Waals surface area contributed by atoms with Crippen molar-refractivity contribution in [2.75, 3.05) is 17.3 Å². The van der Waals surface area contributed by atoms with Crippen molar-refractivity contribution in [3.8, 4) is 0 Å². The zero-order valence-corrected chi connectivity index (χ0v) is 37.3. The van der Waals surface area contributed by atoms with Gasteiger partial charge < -0.3 is 0 Å². The summed E-state index contributed by atoms with van der Waals surface area (Å²) in [6, 6.07) is 0. The molecule has 0 N–H and O–H groups in total. The van der Waals surface area contributed by atoms with Crippen LogP contribution >= 0.6 is 42.9 Å². The molecular formula is C42H87O3PS3. The van der Waals surface area contributed by atoms with Crippen LogP contribution in [-0.2, 0) is 13.6 Å². The van der Waals surface area contributed by atoms with Gasteiger partial charge in [0, 0.05) is 0 Å². The van der Waals surface area contributed by atoms with Crippen LogP contribution in [0.5, 0.6) is 0 Å². The van der Waals surface area contributed by atoms with Crippen LogP contribution < -0.4 is 0 Å². The summed E-state index contributed by atoms with van der Waals surface area (Å²) in [7, 11) is -3.25. The van der Waals surface area contributed by atoms with Crippen LogP contribution in [0.3, 0.4) is 0 Å². The van der Waals surface area contributed by atoms with Crippen LogP contribution in [0, 0.1) is 0 Å². The molecule has 0 fully saturated rings. The maximum atomic E-state index is 14.4. The fourth-order valence-corrected chi connectivity index (χ4v) is 12.2. The van der Waals surface area contributed by atoms with E-state index in [2.05, 4.69) is 41.5 Å². The predicted octanol–water partition coefficient (Wildman–Crippen LogP) is 17.2. The molecule has 0 saturated carbocycles. The smallest absolute Gasteiger partial charge is 0.294 e. The normalized spacial score (nSPS) is 15.0. The molecule has 0 aromatic heterocycles. The van der Waals surface area contributed by atoms with Gasteiger partial charge in [0.1, 0.15) is 15.9 Å². The van der Waals surface area contributed by atoms with Gasteiger partial charge in [-0.25, -0.2) is 0 Å². The third kappa shape index (κ3) is 34.7. The van der Waals surface area contributed by atoms with E-state index in [1.165, 1.54) is 193 Å². The molecule has 3 atom stereocenters. The van der Waals surface area contributed by atoms with E-state index >= 15 is 0 Å². The molecule has 0 rings (SSSR count). The largest absolute Gasteiger partial charge is 0.345 e. The molecule has 0 aromatic rings. The van der Waals surface area contributed by atoms with E-state index in [-0.39, 0.29) is 15.9 Å². The number of hydrogen-bond acceptors (Lipinski definition) is 6. The highest BCUT2D eigenvalue weighted by atomic mass is 32.2. The monoisotopic (exact) mass is 767 g/mol. The summed E-state index contributed by atoms with van der Waals surface area (Å²) >= 11 is 5.44. The second kappa shape index (κ2) is 38.9. The van der Waals surface area contributed by atoms with Crippen LogP contribution in [0.4, 0.5) is 0 Å². The highest BCUT2D eigenvalue weighted by Crippen LogP contribution is 2.60. The van der Waals surface area contributed by atoms with Gasteiger partial charge in [-0.15, -0.1) is 35.3 Å². The summed E-state index contributed by atoms with van der Waals surface area (Å²) in [5.41, 5.74) is -0.215. The molecule has 0 spiro atoms. The molecule has 296 valence electrons. The average molecular weight is 767 g/mol. The molecule has 7 heteroatoms. The van der Waals surface area contributed by atoms with Crippen LogP contribution in [0.2, 0.25) is 0 Å². The maximum absolute atomic E-state index is 14.4. The zero-order valence-electron chi connectivity index (χ0n) is 34.0. The molecule has 0 heterocycles. The second-order valence-electron chi connectivity index (χ2n) is 14.6. The Morgan fingerprint density at radius 2 is 0.592 bits per heavy atom. The SMILES string of the molecule is CCCCCCCCCCCCSC(C)OP(=O)(OC(C)SCCCCCCCCCCCC)C(C)SCCCCCCCCCCCC. The van der Waals surface area contributed by atoms with Gasteiger partial charge >= 0.3 is 7.60 Å². The first-order chi connectivity index (χ1) is 23.9. The summed E-state index contributed by atoms with van der Waals surface area (Å²) < 4.78 is 27.1. The van der Waals surface area contributed by atoms with Crippen LogP contribution in [0.15, 0.2) is 0 Å². The van der Waals surface area contributed by atoms with Crippen molar-refractivity contribution in [1.29, 1.82) is 0 Å². The molecule has 0 saturated heterocycles. The number of thioether (sulfide) groups is 3. The van der Waals surface area contributed by atoms with Crippen molar-refractivity contribution in [3.05, 3.63) is 0 Å². The Hall–Kier alpha value is 1.20. The Morgan fingerprint density at radius 3 is 0.857 bits per heavy atom.